The van der Waals surface area contributed by atoms with E-state index < -0.39 is 0 Å². The second kappa shape index (κ2) is 5.20. The summed E-state index contributed by atoms with van der Waals surface area (Å²) in [6.45, 7) is 6.61. The fraction of sp³-hybridized carbons (Fsp3) is 0.917. The van der Waals surface area contributed by atoms with Crippen LogP contribution in [0.4, 0.5) is 0 Å². The average Bonchev–Trinajstić information content (AvgIpc) is 2.12. The van der Waals surface area contributed by atoms with Gasteiger partial charge in [0.25, 0.3) is 0 Å². The molecule has 1 rings (SSSR count). The number of alkyl halides is 1. The third kappa shape index (κ3) is 4.42. The van der Waals surface area contributed by atoms with Crippen molar-refractivity contribution in [2.75, 3.05) is 6.54 Å². The first-order valence-corrected chi connectivity index (χ1v) is 6.25. The summed E-state index contributed by atoms with van der Waals surface area (Å²) in [4.78, 5) is 11.6. The van der Waals surface area contributed by atoms with Gasteiger partial charge in [-0.3, -0.25) is 4.79 Å². The van der Waals surface area contributed by atoms with Gasteiger partial charge in [-0.25, -0.2) is 0 Å². The summed E-state index contributed by atoms with van der Waals surface area (Å²) in [6, 6.07) is 0. The molecular weight excluding hydrogens is 210 g/mol. The zero-order chi connectivity index (χ0) is 11.5. The second-order valence-electron chi connectivity index (χ2n) is 5.59. The van der Waals surface area contributed by atoms with Crippen molar-refractivity contribution in [2.24, 2.45) is 11.3 Å². The van der Waals surface area contributed by atoms with Gasteiger partial charge in [0.1, 0.15) is 0 Å². The molecule has 1 aliphatic rings. The predicted octanol–water partition coefficient (Wildman–Crippen LogP) is 2.95. The third-order valence-corrected chi connectivity index (χ3v) is 3.35. The fourth-order valence-corrected chi connectivity index (χ4v) is 2.32. The summed E-state index contributed by atoms with van der Waals surface area (Å²) >= 11 is 6.10. The first-order valence-electron chi connectivity index (χ1n) is 5.82. The molecular formula is C12H22ClNO. The van der Waals surface area contributed by atoms with E-state index in [0.717, 1.165) is 19.4 Å². The molecule has 88 valence electrons. The number of rotatable bonds is 2. The second-order valence-corrected chi connectivity index (χ2v) is 6.21. The van der Waals surface area contributed by atoms with E-state index in [2.05, 4.69) is 5.32 Å². The summed E-state index contributed by atoms with van der Waals surface area (Å²) < 4.78 is 0. The van der Waals surface area contributed by atoms with Crippen molar-refractivity contribution in [3.63, 3.8) is 0 Å². The quantitative estimate of drug-likeness (QED) is 0.728. The van der Waals surface area contributed by atoms with Gasteiger partial charge in [-0.1, -0.05) is 27.2 Å². The monoisotopic (exact) mass is 231 g/mol. The zero-order valence-electron chi connectivity index (χ0n) is 9.98. The van der Waals surface area contributed by atoms with Crippen LogP contribution < -0.4 is 5.32 Å². The number of carbonyl (C=O) groups is 1. The minimum atomic E-state index is -0.283. The number of carbonyl (C=O) groups excluding carboxylic acids is 1. The van der Waals surface area contributed by atoms with Gasteiger partial charge in [0.2, 0.25) is 5.91 Å². The largest absolute Gasteiger partial charge is 0.355 e. The lowest BCUT2D eigenvalue weighted by Gasteiger charge is -2.27. The van der Waals surface area contributed by atoms with Crippen LogP contribution >= 0.6 is 11.6 Å². The summed E-state index contributed by atoms with van der Waals surface area (Å²) in [6.07, 6.45) is 4.58. The van der Waals surface area contributed by atoms with Crippen molar-refractivity contribution in [3.05, 3.63) is 0 Å². The molecule has 1 saturated carbocycles. The van der Waals surface area contributed by atoms with Gasteiger partial charge in [-0.15, -0.1) is 11.6 Å². The minimum Gasteiger partial charge on any atom is -0.355 e. The molecule has 0 heterocycles. The molecule has 0 aromatic rings. The maximum Gasteiger partial charge on any atom is 0.225 e. The molecule has 1 amide bonds. The van der Waals surface area contributed by atoms with Crippen molar-refractivity contribution in [2.45, 2.75) is 51.8 Å². The third-order valence-electron chi connectivity index (χ3n) is 2.95. The number of hydrogen-bond acceptors (Lipinski definition) is 1. The standard InChI is InChI=1S/C12H22ClNO/c1-12(2,3)11(15)14-8-9-5-4-6-10(13)7-9/h9-10H,4-8H2,1-3H3,(H,14,15). The maximum absolute atomic E-state index is 11.6. The highest BCUT2D eigenvalue weighted by atomic mass is 35.5. The van der Waals surface area contributed by atoms with Crippen LogP contribution in [0.1, 0.15) is 46.5 Å². The SMILES string of the molecule is CC(C)(C)C(=O)NCC1CCCC(Cl)C1. The highest BCUT2D eigenvalue weighted by molar-refractivity contribution is 6.20. The minimum absolute atomic E-state index is 0.138. The molecule has 0 spiro atoms. The van der Waals surface area contributed by atoms with Crippen LogP contribution in [-0.2, 0) is 4.79 Å². The molecule has 0 bridgehead atoms. The lowest BCUT2D eigenvalue weighted by atomic mass is 9.88. The van der Waals surface area contributed by atoms with Crippen molar-refractivity contribution in [1.82, 2.24) is 5.32 Å². The van der Waals surface area contributed by atoms with Crippen LogP contribution in [0.5, 0.6) is 0 Å². The molecule has 0 aromatic carbocycles. The summed E-state index contributed by atoms with van der Waals surface area (Å²) in [7, 11) is 0. The van der Waals surface area contributed by atoms with E-state index in [0.29, 0.717) is 11.3 Å². The van der Waals surface area contributed by atoms with Gasteiger partial charge in [0.05, 0.1) is 0 Å². The molecule has 0 aromatic heterocycles. The topological polar surface area (TPSA) is 29.1 Å². The lowest BCUT2D eigenvalue weighted by Crippen LogP contribution is -2.38. The molecule has 2 atom stereocenters. The van der Waals surface area contributed by atoms with Crippen LogP contribution in [0.25, 0.3) is 0 Å². The van der Waals surface area contributed by atoms with Gasteiger partial charge in [-0.05, 0) is 25.2 Å². The van der Waals surface area contributed by atoms with Crippen molar-refractivity contribution in [3.8, 4) is 0 Å². The van der Waals surface area contributed by atoms with E-state index in [1.807, 2.05) is 20.8 Å². The van der Waals surface area contributed by atoms with Gasteiger partial charge < -0.3 is 5.32 Å². The Kier molecular flexibility index (Phi) is 4.45. The highest BCUT2D eigenvalue weighted by Crippen LogP contribution is 2.27. The normalized spacial score (nSPS) is 27.5. The van der Waals surface area contributed by atoms with Gasteiger partial charge >= 0.3 is 0 Å². The molecule has 0 radical (unpaired) electrons. The van der Waals surface area contributed by atoms with E-state index in [4.69, 9.17) is 11.6 Å². The van der Waals surface area contributed by atoms with Gasteiger partial charge in [0.15, 0.2) is 0 Å². The van der Waals surface area contributed by atoms with Crippen LogP contribution in [0.15, 0.2) is 0 Å². The Morgan fingerprint density at radius 1 is 1.40 bits per heavy atom. The molecule has 2 nitrogen and oxygen atoms in total. The summed E-state index contributed by atoms with van der Waals surface area (Å²) in [5, 5.41) is 3.33. The Balaban J connectivity index is 2.28. The Morgan fingerprint density at radius 3 is 2.60 bits per heavy atom. The van der Waals surface area contributed by atoms with E-state index >= 15 is 0 Å². The van der Waals surface area contributed by atoms with Crippen LogP contribution in [0.2, 0.25) is 0 Å². The van der Waals surface area contributed by atoms with E-state index in [1.54, 1.807) is 0 Å². The molecule has 0 aliphatic heterocycles. The highest BCUT2D eigenvalue weighted by Gasteiger charge is 2.24. The lowest BCUT2D eigenvalue weighted by molar-refractivity contribution is -0.128. The zero-order valence-corrected chi connectivity index (χ0v) is 10.7. The maximum atomic E-state index is 11.6. The number of hydrogen-bond donors (Lipinski definition) is 1. The van der Waals surface area contributed by atoms with Crippen molar-refractivity contribution >= 4 is 17.5 Å². The molecule has 1 fully saturated rings. The molecule has 15 heavy (non-hydrogen) atoms. The molecule has 1 N–H and O–H groups in total. The van der Waals surface area contributed by atoms with E-state index in [1.165, 1.54) is 12.8 Å². The molecule has 0 saturated heterocycles. The predicted molar refractivity (Wildman–Crippen MR) is 64.1 cm³/mol. The van der Waals surface area contributed by atoms with E-state index in [9.17, 15) is 4.79 Å². The first kappa shape index (κ1) is 12.8. The van der Waals surface area contributed by atoms with E-state index in [-0.39, 0.29) is 11.3 Å². The van der Waals surface area contributed by atoms with Crippen molar-refractivity contribution < 1.29 is 4.79 Å². The van der Waals surface area contributed by atoms with Crippen LogP contribution in [-0.4, -0.2) is 17.8 Å². The smallest absolute Gasteiger partial charge is 0.225 e. The number of halogens is 1. The Morgan fingerprint density at radius 2 is 2.07 bits per heavy atom. The molecule has 2 unspecified atom stereocenters. The summed E-state index contributed by atoms with van der Waals surface area (Å²) in [5.74, 6) is 0.715. The van der Waals surface area contributed by atoms with Crippen molar-refractivity contribution in [1.29, 1.82) is 0 Å². The van der Waals surface area contributed by atoms with Gasteiger partial charge in [-0.2, -0.15) is 0 Å². The fourth-order valence-electron chi connectivity index (χ4n) is 1.91. The Bertz CT molecular complexity index is 222. The average molecular weight is 232 g/mol. The molecule has 1 aliphatic carbocycles. The van der Waals surface area contributed by atoms with Crippen LogP contribution in [0, 0.1) is 11.3 Å². The number of amides is 1. The Labute approximate surface area is 97.8 Å². The molecule has 3 heteroatoms. The summed E-state index contributed by atoms with van der Waals surface area (Å²) in [5.41, 5.74) is -0.283. The number of nitrogens with one attached hydrogen (secondary N) is 1. The van der Waals surface area contributed by atoms with Crippen LogP contribution in [0.3, 0.4) is 0 Å². The Hall–Kier alpha value is -0.240. The van der Waals surface area contributed by atoms with Gasteiger partial charge in [0, 0.05) is 17.3 Å². The first-order chi connectivity index (χ1) is 6.89.